The van der Waals surface area contributed by atoms with E-state index in [0.29, 0.717) is 0 Å². The monoisotopic (exact) mass is 261 g/mol. The van der Waals surface area contributed by atoms with Gasteiger partial charge < -0.3 is 10.1 Å². The van der Waals surface area contributed by atoms with Crippen LogP contribution in [0.2, 0.25) is 0 Å². The molecule has 0 aromatic heterocycles. The van der Waals surface area contributed by atoms with Crippen molar-refractivity contribution in [2.45, 2.75) is 45.6 Å². The summed E-state index contributed by atoms with van der Waals surface area (Å²) < 4.78 is 5.38. The quantitative estimate of drug-likeness (QED) is 0.835. The average Bonchev–Trinajstić information content (AvgIpc) is 2.48. The number of methoxy groups -OCH3 is 1. The van der Waals surface area contributed by atoms with E-state index >= 15 is 0 Å². The summed E-state index contributed by atoms with van der Waals surface area (Å²) in [5.41, 5.74) is 1.26. The standard InChI is InChI=1S/C17H27NO/c1-3-14-8-10-15(11-9-14)12-18-13-16-6-4-5-7-17(16)19-2/h4-7,14-15,18H,3,8-13H2,1-2H3. The largest absolute Gasteiger partial charge is 0.496 e. The smallest absolute Gasteiger partial charge is 0.123 e. The second kappa shape index (κ2) is 7.54. The van der Waals surface area contributed by atoms with Crippen LogP contribution in [0.25, 0.3) is 0 Å². The van der Waals surface area contributed by atoms with Gasteiger partial charge in [0.05, 0.1) is 7.11 Å². The molecule has 2 rings (SSSR count). The molecule has 0 aliphatic heterocycles. The van der Waals surface area contributed by atoms with Crippen molar-refractivity contribution in [1.82, 2.24) is 5.32 Å². The number of hydrogen-bond donors (Lipinski definition) is 1. The molecule has 1 aliphatic rings. The van der Waals surface area contributed by atoms with E-state index < -0.39 is 0 Å². The zero-order chi connectivity index (χ0) is 13.5. The summed E-state index contributed by atoms with van der Waals surface area (Å²) in [6.45, 7) is 4.39. The van der Waals surface area contributed by atoms with Crippen LogP contribution in [-0.2, 0) is 6.54 Å². The van der Waals surface area contributed by atoms with Gasteiger partial charge in [0.2, 0.25) is 0 Å². The fraction of sp³-hybridized carbons (Fsp3) is 0.647. The van der Waals surface area contributed by atoms with Crippen LogP contribution < -0.4 is 10.1 Å². The first kappa shape index (κ1) is 14.4. The van der Waals surface area contributed by atoms with E-state index in [-0.39, 0.29) is 0 Å². The third-order valence-corrected chi connectivity index (χ3v) is 4.48. The second-order valence-corrected chi connectivity index (χ2v) is 5.74. The summed E-state index contributed by atoms with van der Waals surface area (Å²) in [4.78, 5) is 0. The Bertz CT molecular complexity index is 369. The van der Waals surface area contributed by atoms with Gasteiger partial charge in [-0.1, -0.05) is 44.4 Å². The molecule has 0 heterocycles. The highest BCUT2D eigenvalue weighted by Gasteiger charge is 2.19. The molecule has 1 fully saturated rings. The number of benzene rings is 1. The Labute approximate surface area is 117 Å². The van der Waals surface area contributed by atoms with Gasteiger partial charge >= 0.3 is 0 Å². The zero-order valence-corrected chi connectivity index (χ0v) is 12.3. The van der Waals surface area contributed by atoms with Gasteiger partial charge in [0, 0.05) is 12.1 Å². The van der Waals surface area contributed by atoms with Crippen LogP contribution in [0.5, 0.6) is 5.75 Å². The van der Waals surface area contributed by atoms with Crippen molar-refractivity contribution in [2.24, 2.45) is 11.8 Å². The van der Waals surface area contributed by atoms with Gasteiger partial charge in [-0.05, 0) is 37.3 Å². The van der Waals surface area contributed by atoms with E-state index in [1.807, 2.05) is 12.1 Å². The molecule has 2 heteroatoms. The van der Waals surface area contributed by atoms with Gasteiger partial charge in [-0.15, -0.1) is 0 Å². The first-order valence-corrected chi connectivity index (χ1v) is 7.66. The topological polar surface area (TPSA) is 21.3 Å². The minimum atomic E-state index is 0.873. The van der Waals surface area contributed by atoms with Crippen LogP contribution in [0.15, 0.2) is 24.3 Å². The highest BCUT2D eigenvalue weighted by atomic mass is 16.5. The van der Waals surface area contributed by atoms with Gasteiger partial charge in [0.25, 0.3) is 0 Å². The first-order chi connectivity index (χ1) is 9.33. The molecule has 0 radical (unpaired) electrons. The van der Waals surface area contributed by atoms with E-state index in [4.69, 9.17) is 4.74 Å². The summed E-state index contributed by atoms with van der Waals surface area (Å²) in [5, 5.41) is 3.60. The fourth-order valence-electron chi connectivity index (χ4n) is 3.10. The molecule has 1 aromatic carbocycles. The van der Waals surface area contributed by atoms with E-state index in [1.54, 1.807) is 7.11 Å². The Morgan fingerprint density at radius 1 is 1.11 bits per heavy atom. The minimum absolute atomic E-state index is 0.873. The van der Waals surface area contributed by atoms with E-state index in [2.05, 4.69) is 24.4 Å². The lowest BCUT2D eigenvalue weighted by atomic mass is 9.81. The third-order valence-electron chi connectivity index (χ3n) is 4.48. The van der Waals surface area contributed by atoms with Crippen molar-refractivity contribution in [3.63, 3.8) is 0 Å². The molecule has 0 atom stereocenters. The number of ether oxygens (including phenoxy) is 1. The molecule has 1 saturated carbocycles. The second-order valence-electron chi connectivity index (χ2n) is 5.74. The van der Waals surface area contributed by atoms with E-state index in [1.165, 1.54) is 37.7 Å². The van der Waals surface area contributed by atoms with Crippen LogP contribution in [0.4, 0.5) is 0 Å². The van der Waals surface area contributed by atoms with Crippen LogP contribution >= 0.6 is 0 Å². The van der Waals surface area contributed by atoms with Crippen molar-refractivity contribution in [2.75, 3.05) is 13.7 Å². The normalized spacial score (nSPS) is 23.3. The Morgan fingerprint density at radius 2 is 1.79 bits per heavy atom. The molecule has 1 N–H and O–H groups in total. The molecule has 0 unspecified atom stereocenters. The summed E-state index contributed by atoms with van der Waals surface area (Å²) in [6.07, 6.45) is 7.02. The molecule has 1 aliphatic carbocycles. The Balaban J connectivity index is 1.72. The lowest BCUT2D eigenvalue weighted by Gasteiger charge is -2.28. The summed E-state index contributed by atoms with van der Waals surface area (Å²) >= 11 is 0. The van der Waals surface area contributed by atoms with Crippen molar-refractivity contribution in [1.29, 1.82) is 0 Å². The predicted molar refractivity (Wildman–Crippen MR) is 80.4 cm³/mol. The number of nitrogens with one attached hydrogen (secondary N) is 1. The molecule has 0 saturated heterocycles. The third kappa shape index (κ3) is 4.24. The lowest BCUT2D eigenvalue weighted by molar-refractivity contribution is 0.262. The molecule has 0 bridgehead atoms. The minimum Gasteiger partial charge on any atom is -0.496 e. The Hall–Kier alpha value is -1.02. The van der Waals surface area contributed by atoms with Crippen molar-refractivity contribution in [3.8, 4) is 5.75 Å². The summed E-state index contributed by atoms with van der Waals surface area (Å²) in [5.74, 6) is 2.85. The molecule has 2 nitrogen and oxygen atoms in total. The number of para-hydroxylation sites is 1. The number of hydrogen-bond acceptors (Lipinski definition) is 2. The van der Waals surface area contributed by atoms with E-state index in [9.17, 15) is 0 Å². The van der Waals surface area contributed by atoms with Crippen LogP contribution in [0, 0.1) is 11.8 Å². The molecular weight excluding hydrogens is 234 g/mol. The highest BCUT2D eigenvalue weighted by molar-refractivity contribution is 5.32. The Kier molecular flexibility index (Phi) is 5.71. The fourth-order valence-corrected chi connectivity index (χ4v) is 3.10. The van der Waals surface area contributed by atoms with Crippen molar-refractivity contribution < 1.29 is 4.74 Å². The maximum atomic E-state index is 5.38. The summed E-state index contributed by atoms with van der Waals surface area (Å²) in [6, 6.07) is 8.27. The molecule has 106 valence electrons. The Morgan fingerprint density at radius 3 is 2.47 bits per heavy atom. The molecule has 0 spiro atoms. The van der Waals surface area contributed by atoms with Crippen molar-refractivity contribution >= 4 is 0 Å². The van der Waals surface area contributed by atoms with Crippen molar-refractivity contribution in [3.05, 3.63) is 29.8 Å². The maximum absolute atomic E-state index is 5.38. The first-order valence-electron chi connectivity index (χ1n) is 7.66. The van der Waals surface area contributed by atoms with Crippen LogP contribution in [0.3, 0.4) is 0 Å². The maximum Gasteiger partial charge on any atom is 0.123 e. The number of rotatable bonds is 6. The molecule has 19 heavy (non-hydrogen) atoms. The van der Waals surface area contributed by atoms with Gasteiger partial charge in [0.15, 0.2) is 0 Å². The highest BCUT2D eigenvalue weighted by Crippen LogP contribution is 2.30. The predicted octanol–water partition coefficient (Wildman–Crippen LogP) is 4.00. The van der Waals surface area contributed by atoms with Crippen LogP contribution in [0.1, 0.15) is 44.6 Å². The summed E-state index contributed by atoms with van der Waals surface area (Å²) in [7, 11) is 1.74. The average molecular weight is 261 g/mol. The molecular formula is C17H27NO. The van der Waals surface area contributed by atoms with Gasteiger partial charge in [-0.3, -0.25) is 0 Å². The van der Waals surface area contributed by atoms with Gasteiger partial charge in [-0.25, -0.2) is 0 Å². The van der Waals surface area contributed by atoms with E-state index in [0.717, 1.165) is 30.7 Å². The zero-order valence-electron chi connectivity index (χ0n) is 12.3. The SMILES string of the molecule is CCC1CCC(CNCc2ccccc2OC)CC1. The van der Waals surface area contributed by atoms with Gasteiger partial charge in [0.1, 0.15) is 5.75 Å². The van der Waals surface area contributed by atoms with Crippen LogP contribution in [-0.4, -0.2) is 13.7 Å². The van der Waals surface area contributed by atoms with Gasteiger partial charge in [-0.2, -0.15) is 0 Å². The molecule has 1 aromatic rings. The molecule has 0 amide bonds. The lowest BCUT2D eigenvalue weighted by Crippen LogP contribution is -2.26.